The van der Waals surface area contributed by atoms with Crippen LogP contribution in [0.5, 0.6) is 0 Å². The summed E-state index contributed by atoms with van der Waals surface area (Å²) in [5.74, 6) is 0.134. The number of aliphatic hydroxyl groups excluding tert-OH is 1. The zero-order chi connectivity index (χ0) is 17.8. The number of carbonyl (C=O) groups excluding carboxylic acids is 2. The lowest BCUT2D eigenvalue weighted by atomic mass is 10.1. The number of rotatable bonds is 6. The second kappa shape index (κ2) is 7.53. The second-order valence-electron chi connectivity index (χ2n) is 6.34. The molecular formula is C19H22N2O4. The molecule has 2 N–H and O–H groups in total. The molecule has 132 valence electrons. The summed E-state index contributed by atoms with van der Waals surface area (Å²) < 4.78 is 5.11. The zero-order valence-electron chi connectivity index (χ0n) is 14.1. The van der Waals surface area contributed by atoms with Crippen LogP contribution in [0.3, 0.4) is 0 Å². The van der Waals surface area contributed by atoms with Crippen molar-refractivity contribution in [3.05, 3.63) is 59.5 Å². The molecule has 25 heavy (non-hydrogen) atoms. The van der Waals surface area contributed by atoms with E-state index in [1.54, 1.807) is 17.0 Å². The van der Waals surface area contributed by atoms with Crippen molar-refractivity contribution in [1.82, 2.24) is 10.2 Å². The summed E-state index contributed by atoms with van der Waals surface area (Å²) in [5, 5.41) is 12.7. The second-order valence-corrected chi connectivity index (χ2v) is 6.34. The van der Waals surface area contributed by atoms with Gasteiger partial charge in [-0.1, -0.05) is 29.8 Å². The third-order valence-electron chi connectivity index (χ3n) is 4.45. The average molecular weight is 342 g/mol. The maximum Gasteiger partial charge on any atom is 0.242 e. The minimum absolute atomic E-state index is 0.0210. The molecule has 0 saturated carbocycles. The normalized spacial score (nSPS) is 18.4. The summed E-state index contributed by atoms with van der Waals surface area (Å²) in [4.78, 5) is 26.3. The van der Waals surface area contributed by atoms with Crippen LogP contribution in [0.15, 0.2) is 47.1 Å². The first-order chi connectivity index (χ1) is 12.0. The minimum atomic E-state index is -0.901. The van der Waals surface area contributed by atoms with Gasteiger partial charge in [0.25, 0.3) is 0 Å². The predicted octanol–water partition coefficient (Wildman–Crippen LogP) is 1.93. The van der Waals surface area contributed by atoms with Crippen molar-refractivity contribution in [1.29, 1.82) is 0 Å². The number of likely N-dealkylation sites (tertiary alicyclic amines) is 1. The lowest BCUT2D eigenvalue weighted by Crippen LogP contribution is -2.45. The van der Waals surface area contributed by atoms with E-state index in [-0.39, 0.29) is 18.4 Å². The van der Waals surface area contributed by atoms with Crippen LogP contribution in [-0.2, 0) is 16.1 Å². The first-order valence-corrected chi connectivity index (χ1v) is 8.39. The molecule has 0 radical (unpaired) electrons. The quantitative estimate of drug-likeness (QED) is 0.840. The number of carbonyl (C=O) groups is 2. The number of nitrogens with one attached hydrogen (secondary N) is 1. The van der Waals surface area contributed by atoms with Crippen LogP contribution in [0.2, 0.25) is 0 Å². The molecule has 0 aliphatic carbocycles. The Morgan fingerprint density at radius 2 is 2.12 bits per heavy atom. The van der Waals surface area contributed by atoms with E-state index < -0.39 is 12.1 Å². The van der Waals surface area contributed by atoms with Crippen LogP contribution in [-0.4, -0.2) is 34.4 Å². The van der Waals surface area contributed by atoms with Crippen LogP contribution >= 0.6 is 0 Å². The molecule has 2 amide bonds. The molecule has 0 bridgehead atoms. The van der Waals surface area contributed by atoms with Crippen molar-refractivity contribution in [3.8, 4) is 0 Å². The SMILES string of the molecule is Cc1ccc(CN2C(=O)CC[C@H]2C(=O)NC[C@@H](O)c2ccco2)cc1. The number of aliphatic hydroxyl groups is 1. The average Bonchev–Trinajstić information content (AvgIpc) is 3.25. The van der Waals surface area contributed by atoms with E-state index in [2.05, 4.69) is 5.32 Å². The van der Waals surface area contributed by atoms with Gasteiger partial charge in [-0.05, 0) is 31.0 Å². The van der Waals surface area contributed by atoms with Crippen LogP contribution in [0.4, 0.5) is 0 Å². The smallest absolute Gasteiger partial charge is 0.242 e. The van der Waals surface area contributed by atoms with Gasteiger partial charge in [-0.3, -0.25) is 9.59 Å². The predicted molar refractivity (Wildman–Crippen MR) is 91.4 cm³/mol. The molecular weight excluding hydrogens is 320 g/mol. The van der Waals surface area contributed by atoms with E-state index in [1.165, 1.54) is 6.26 Å². The molecule has 1 aliphatic heterocycles. The summed E-state index contributed by atoms with van der Waals surface area (Å²) in [7, 11) is 0. The highest BCUT2D eigenvalue weighted by Crippen LogP contribution is 2.22. The van der Waals surface area contributed by atoms with Crippen LogP contribution < -0.4 is 5.32 Å². The topological polar surface area (TPSA) is 82.8 Å². The number of furan rings is 1. The highest BCUT2D eigenvalue weighted by molar-refractivity contribution is 5.90. The van der Waals surface area contributed by atoms with E-state index in [1.807, 2.05) is 31.2 Å². The van der Waals surface area contributed by atoms with Gasteiger partial charge in [0.05, 0.1) is 12.8 Å². The minimum Gasteiger partial charge on any atom is -0.467 e. The Morgan fingerprint density at radius 3 is 2.80 bits per heavy atom. The number of nitrogens with zero attached hydrogens (tertiary/aromatic N) is 1. The molecule has 1 saturated heterocycles. The number of amides is 2. The Bertz CT molecular complexity index is 724. The number of aryl methyl sites for hydroxylation is 1. The Kier molecular flexibility index (Phi) is 5.19. The van der Waals surface area contributed by atoms with Crippen LogP contribution in [0.1, 0.15) is 35.8 Å². The fourth-order valence-electron chi connectivity index (χ4n) is 2.99. The van der Waals surface area contributed by atoms with E-state index in [9.17, 15) is 14.7 Å². The lowest BCUT2D eigenvalue weighted by Gasteiger charge is -2.24. The first-order valence-electron chi connectivity index (χ1n) is 8.39. The Balaban J connectivity index is 1.60. The van der Waals surface area contributed by atoms with Gasteiger partial charge >= 0.3 is 0 Å². The van der Waals surface area contributed by atoms with E-state index in [0.717, 1.165) is 11.1 Å². The van der Waals surface area contributed by atoms with Gasteiger partial charge in [0.2, 0.25) is 11.8 Å². The number of hydrogen-bond acceptors (Lipinski definition) is 4. The van der Waals surface area contributed by atoms with Crippen molar-refractivity contribution in [2.24, 2.45) is 0 Å². The molecule has 1 fully saturated rings. The number of benzene rings is 1. The molecule has 2 heterocycles. The fourth-order valence-corrected chi connectivity index (χ4v) is 2.99. The molecule has 6 heteroatoms. The molecule has 1 aromatic heterocycles. The Hall–Kier alpha value is -2.60. The first kappa shape index (κ1) is 17.2. The van der Waals surface area contributed by atoms with Gasteiger partial charge < -0.3 is 19.7 Å². The molecule has 3 rings (SSSR count). The van der Waals surface area contributed by atoms with E-state index >= 15 is 0 Å². The molecule has 2 aromatic rings. The molecule has 2 atom stereocenters. The summed E-state index contributed by atoms with van der Waals surface area (Å²) >= 11 is 0. The molecule has 6 nitrogen and oxygen atoms in total. The van der Waals surface area contributed by atoms with Crippen molar-refractivity contribution >= 4 is 11.8 Å². The number of hydrogen-bond donors (Lipinski definition) is 2. The Labute approximate surface area is 146 Å². The van der Waals surface area contributed by atoms with Crippen molar-refractivity contribution in [3.63, 3.8) is 0 Å². The van der Waals surface area contributed by atoms with Gasteiger partial charge in [-0.2, -0.15) is 0 Å². The highest BCUT2D eigenvalue weighted by Gasteiger charge is 2.36. The van der Waals surface area contributed by atoms with E-state index in [4.69, 9.17) is 4.42 Å². The monoisotopic (exact) mass is 342 g/mol. The zero-order valence-corrected chi connectivity index (χ0v) is 14.1. The largest absolute Gasteiger partial charge is 0.467 e. The maximum atomic E-state index is 12.5. The molecule has 1 aromatic carbocycles. The van der Waals surface area contributed by atoms with Gasteiger partial charge in [-0.15, -0.1) is 0 Å². The standard InChI is InChI=1S/C19H22N2O4/c1-13-4-6-14(7-5-13)12-21-15(8-9-18(21)23)19(24)20-11-16(22)17-3-2-10-25-17/h2-7,10,15-16,22H,8-9,11-12H2,1H3,(H,20,24)/t15-,16+/m0/s1. The molecule has 1 aliphatic rings. The lowest BCUT2D eigenvalue weighted by molar-refractivity contribution is -0.136. The van der Waals surface area contributed by atoms with Gasteiger partial charge in [0.1, 0.15) is 17.9 Å². The van der Waals surface area contributed by atoms with Crippen molar-refractivity contribution < 1.29 is 19.1 Å². The summed E-state index contributed by atoms with van der Waals surface area (Å²) in [5.41, 5.74) is 2.15. The third-order valence-corrected chi connectivity index (χ3v) is 4.45. The molecule has 0 unspecified atom stereocenters. The summed E-state index contributed by atoms with van der Waals surface area (Å²) in [6.07, 6.45) is 1.43. The highest BCUT2D eigenvalue weighted by atomic mass is 16.4. The summed E-state index contributed by atoms with van der Waals surface area (Å²) in [6, 6.07) is 10.7. The van der Waals surface area contributed by atoms with Crippen molar-refractivity contribution in [2.75, 3.05) is 6.54 Å². The van der Waals surface area contributed by atoms with Crippen LogP contribution in [0.25, 0.3) is 0 Å². The van der Waals surface area contributed by atoms with Gasteiger partial charge in [0, 0.05) is 13.0 Å². The van der Waals surface area contributed by atoms with Gasteiger partial charge in [-0.25, -0.2) is 0 Å². The third kappa shape index (κ3) is 4.09. The van der Waals surface area contributed by atoms with Gasteiger partial charge in [0.15, 0.2) is 0 Å². The summed E-state index contributed by atoms with van der Waals surface area (Å²) in [6.45, 7) is 2.47. The van der Waals surface area contributed by atoms with E-state index in [0.29, 0.717) is 25.1 Å². The fraction of sp³-hybridized carbons (Fsp3) is 0.368. The van der Waals surface area contributed by atoms with Crippen LogP contribution in [0, 0.1) is 6.92 Å². The van der Waals surface area contributed by atoms with Crippen molar-refractivity contribution in [2.45, 2.75) is 38.5 Å². The molecule has 0 spiro atoms. The maximum absolute atomic E-state index is 12.5. The Morgan fingerprint density at radius 1 is 1.36 bits per heavy atom.